The number of ether oxygens (including phenoxy) is 1. The summed E-state index contributed by atoms with van der Waals surface area (Å²) >= 11 is 3.41. The van der Waals surface area contributed by atoms with Crippen molar-refractivity contribution >= 4 is 21.8 Å². The standard InChI is InChI=1S/C15H19BrN2O2/c16-12-1-4-14(5-2-12)20-10-9-17-7-8-18-13(11-17)3-6-15(18)19/h1-2,4-5,13H,3,6-11H2. The molecule has 4 nitrogen and oxygen atoms in total. The van der Waals surface area contributed by atoms with Gasteiger partial charge in [0.25, 0.3) is 0 Å². The van der Waals surface area contributed by atoms with E-state index < -0.39 is 0 Å². The summed E-state index contributed by atoms with van der Waals surface area (Å²) in [5.74, 6) is 1.24. The van der Waals surface area contributed by atoms with E-state index in [2.05, 4.69) is 20.8 Å². The first-order valence-corrected chi connectivity index (χ1v) is 7.92. The lowest BCUT2D eigenvalue weighted by Gasteiger charge is -2.37. The van der Waals surface area contributed by atoms with Gasteiger partial charge in [0, 0.05) is 43.1 Å². The van der Waals surface area contributed by atoms with Crippen LogP contribution in [-0.2, 0) is 4.79 Å². The second kappa shape index (κ2) is 6.14. The van der Waals surface area contributed by atoms with Crippen molar-refractivity contribution in [3.8, 4) is 5.75 Å². The molecule has 0 radical (unpaired) electrons. The van der Waals surface area contributed by atoms with Gasteiger partial charge in [-0.25, -0.2) is 0 Å². The van der Waals surface area contributed by atoms with Crippen molar-refractivity contribution in [2.24, 2.45) is 0 Å². The predicted molar refractivity (Wildman–Crippen MR) is 80.8 cm³/mol. The molecular weight excluding hydrogens is 320 g/mol. The van der Waals surface area contributed by atoms with E-state index in [-0.39, 0.29) is 0 Å². The number of carbonyl (C=O) groups excluding carboxylic acids is 1. The highest BCUT2D eigenvalue weighted by Crippen LogP contribution is 2.22. The van der Waals surface area contributed by atoms with Crippen molar-refractivity contribution in [2.75, 3.05) is 32.8 Å². The van der Waals surface area contributed by atoms with Crippen molar-refractivity contribution < 1.29 is 9.53 Å². The van der Waals surface area contributed by atoms with Crippen LogP contribution >= 0.6 is 15.9 Å². The van der Waals surface area contributed by atoms with Gasteiger partial charge in [-0.05, 0) is 30.7 Å². The Bertz CT molecular complexity index is 477. The van der Waals surface area contributed by atoms with E-state index in [0.29, 0.717) is 18.6 Å². The first kappa shape index (κ1) is 13.9. The Balaban J connectivity index is 1.43. The number of fused-ring (bicyclic) bond motifs is 1. The highest BCUT2D eigenvalue weighted by molar-refractivity contribution is 9.10. The van der Waals surface area contributed by atoms with Gasteiger partial charge in [-0.15, -0.1) is 0 Å². The first-order chi connectivity index (χ1) is 9.72. The second-order valence-electron chi connectivity index (χ2n) is 5.38. The fraction of sp³-hybridized carbons (Fsp3) is 0.533. The maximum absolute atomic E-state index is 11.6. The molecule has 2 fully saturated rings. The molecule has 2 saturated heterocycles. The first-order valence-electron chi connectivity index (χ1n) is 7.12. The van der Waals surface area contributed by atoms with Crippen LogP contribution in [0.2, 0.25) is 0 Å². The molecule has 0 saturated carbocycles. The molecule has 5 heteroatoms. The smallest absolute Gasteiger partial charge is 0.222 e. The molecule has 0 bridgehead atoms. The number of rotatable bonds is 4. The second-order valence-corrected chi connectivity index (χ2v) is 6.30. The van der Waals surface area contributed by atoms with Gasteiger partial charge in [-0.2, -0.15) is 0 Å². The molecule has 1 aromatic carbocycles. The Morgan fingerprint density at radius 3 is 2.85 bits per heavy atom. The van der Waals surface area contributed by atoms with Crippen LogP contribution < -0.4 is 4.74 Å². The monoisotopic (exact) mass is 338 g/mol. The molecule has 3 rings (SSSR count). The van der Waals surface area contributed by atoms with Crippen LogP contribution in [-0.4, -0.2) is 54.5 Å². The van der Waals surface area contributed by atoms with Gasteiger partial charge in [0.15, 0.2) is 0 Å². The van der Waals surface area contributed by atoms with Crippen LogP contribution in [0.15, 0.2) is 28.7 Å². The minimum atomic E-state index is 0.334. The summed E-state index contributed by atoms with van der Waals surface area (Å²) in [4.78, 5) is 16.1. The summed E-state index contributed by atoms with van der Waals surface area (Å²) in [5.41, 5.74) is 0. The van der Waals surface area contributed by atoms with Crippen LogP contribution in [0.25, 0.3) is 0 Å². The molecule has 0 aromatic heterocycles. The third-order valence-corrected chi connectivity index (χ3v) is 4.60. The molecule has 2 aliphatic heterocycles. The Labute approximate surface area is 127 Å². The van der Waals surface area contributed by atoms with Gasteiger partial charge in [0.1, 0.15) is 12.4 Å². The van der Waals surface area contributed by atoms with Gasteiger partial charge < -0.3 is 9.64 Å². The lowest BCUT2D eigenvalue weighted by Crippen LogP contribution is -2.52. The average molecular weight is 339 g/mol. The van der Waals surface area contributed by atoms with Crippen LogP contribution in [0.4, 0.5) is 0 Å². The summed E-state index contributed by atoms with van der Waals surface area (Å²) in [7, 11) is 0. The van der Waals surface area contributed by atoms with Crippen molar-refractivity contribution in [3.05, 3.63) is 28.7 Å². The molecule has 20 heavy (non-hydrogen) atoms. The Hall–Kier alpha value is -1.07. The average Bonchev–Trinajstić information content (AvgIpc) is 2.82. The summed E-state index contributed by atoms with van der Waals surface area (Å²) in [5, 5.41) is 0. The summed E-state index contributed by atoms with van der Waals surface area (Å²) in [6.07, 6.45) is 1.75. The molecular formula is C15H19BrN2O2. The lowest BCUT2D eigenvalue weighted by molar-refractivity contribution is -0.130. The predicted octanol–water partition coefficient (Wildman–Crippen LogP) is 2.13. The molecule has 1 aromatic rings. The Morgan fingerprint density at radius 2 is 2.05 bits per heavy atom. The van der Waals surface area contributed by atoms with Crippen molar-refractivity contribution in [3.63, 3.8) is 0 Å². The van der Waals surface area contributed by atoms with E-state index in [1.807, 2.05) is 29.2 Å². The van der Waals surface area contributed by atoms with E-state index in [1.54, 1.807) is 0 Å². The van der Waals surface area contributed by atoms with Gasteiger partial charge in [-0.3, -0.25) is 9.69 Å². The van der Waals surface area contributed by atoms with Gasteiger partial charge in [0.05, 0.1) is 0 Å². The number of hydrogen-bond acceptors (Lipinski definition) is 3. The highest BCUT2D eigenvalue weighted by atomic mass is 79.9. The molecule has 108 valence electrons. The summed E-state index contributed by atoms with van der Waals surface area (Å²) in [6, 6.07) is 8.34. The van der Waals surface area contributed by atoms with E-state index in [4.69, 9.17) is 4.74 Å². The number of nitrogens with zero attached hydrogens (tertiary/aromatic N) is 2. The fourth-order valence-electron chi connectivity index (χ4n) is 2.96. The van der Waals surface area contributed by atoms with Crippen LogP contribution in [0.3, 0.4) is 0 Å². The highest BCUT2D eigenvalue weighted by Gasteiger charge is 2.35. The van der Waals surface area contributed by atoms with E-state index in [1.165, 1.54) is 0 Å². The van der Waals surface area contributed by atoms with E-state index in [0.717, 1.165) is 49.2 Å². The fourth-order valence-corrected chi connectivity index (χ4v) is 3.22. The van der Waals surface area contributed by atoms with Crippen LogP contribution in [0.1, 0.15) is 12.8 Å². The van der Waals surface area contributed by atoms with E-state index >= 15 is 0 Å². The largest absolute Gasteiger partial charge is 0.492 e. The number of piperazine rings is 1. The number of halogens is 1. The van der Waals surface area contributed by atoms with Crippen LogP contribution in [0.5, 0.6) is 5.75 Å². The molecule has 1 amide bonds. The summed E-state index contributed by atoms with van der Waals surface area (Å²) in [6.45, 7) is 4.46. The SMILES string of the molecule is O=C1CCC2CN(CCOc3ccc(Br)cc3)CCN12. The van der Waals surface area contributed by atoms with Gasteiger partial charge in [-0.1, -0.05) is 15.9 Å². The maximum atomic E-state index is 11.6. The number of carbonyl (C=O) groups is 1. The zero-order valence-corrected chi connectivity index (χ0v) is 13.0. The van der Waals surface area contributed by atoms with Gasteiger partial charge >= 0.3 is 0 Å². The topological polar surface area (TPSA) is 32.8 Å². The number of hydrogen-bond donors (Lipinski definition) is 0. The molecule has 0 N–H and O–H groups in total. The minimum absolute atomic E-state index is 0.334. The van der Waals surface area contributed by atoms with Crippen molar-refractivity contribution in [1.29, 1.82) is 0 Å². The zero-order chi connectivity index (χ0) is 13.9. The molecule has 0 spiro atoms. The molecule has 1 unspecified atom stereocenters. The van der Waals surface area contributed by atoms with E-state index in [9.17, 15) is 4.79 Å². The van der Waals surface area contributed by atoms with Crippen LogP contribution in [0, 0.1) is 0 Å². The Morgan fingerprint density at radius 1 is 1.25 bits per heavy atom. The summed E-state index contributed by atoms with van der Waals surface area (Å²) < 4.78 is 6.82. The molecule has 0 aliphatic carbocycles. The number of amides is 1. The van der Waals surface area contributed by atoms with Gasteiger partial charge in [0.2, 0.25) is 5.91 Å². The molecule has 2 heterocycles. The third kappa shape index (κ3) is 3.15. The van der Waals surface area contributed by atoms with Crippen molar-refractivity contribution in [2.45, 2.75) is 18.9 Å². The van der Waals surface area contributed by atoms with Crippen molar-refractivity contribution in [1.82, 2.24) is 9.80 Å². The molecule has 1 atom stereocenters. The number of benzene rings is 1. The molecule has 2 aliphatic rings. The quantitative estimate of drug-likeness (QED) is 0.843. The lowest BCUT2D eigenvalue weighted by atomic mass is 10.1. The zero-order valence-electron chi connectivity index (χ0n) is 11.4. The third-order valence-electron chi connectivity index (χ3n) is 4.07. The maximum Gasteiger partial charge on any atom is 0.222 e. The normalized spacial score (nSPS) is 22.9. The minimum Gasteiger partial charge on any atom is -0.492 e. The Kier molecular flexibility index (Phi) is 4.27.